The number of fused-ring (bicyclic) bond motifs is 1. The Morgan fingerprint density at radius 3 is 2.38 bits per heavy atom. The molecule has 11 heteroatoms. The zero-order valence-electron chi connectivity index (χ0n) is 19.0. The van der Waals surface area contributed by atoms with E-state index in [1.54, 1.807) is 18.2 Å². The van der Waals surface area contributed by atoms with Gasteiger partial charge in [0.15, 0.2) is 11.5 Å². The Labute approximate surface area is 200 Å². The van der Waals surface area contributed by atoms with Crippen LogP contribution in [0.1, 0.15) is 35.0 Å². The van der Waals surface area contributed by atoms with E-state index in [9.17, 15) is 14.4 Å². The highest BCUT2D eigenvalue weighted by molar-refractivity contribution is 6.32. The van der Waals surface area contributed by atoms with Gasteiger partial charge in [0.1, 0.15) is 23.1 Å². The second-order valence-electron chi connectivity index (χ2n) is 7.55. The van der Waals surface area contributed by atoms with Crippen LogP contribution in [0.3, 0.4) is 0 Å². The van der Waals surface area contributed by atoms with E-state index >= 15 is 0 Å². The number of carbonyl (C=O) groups excluding carboxylic acids is 3. The van der Waals surface area contributed by atoms with Gasteiger partial charge in [0.2, 0.25) is 18.0 Å². The molecule has 2 heterocycles. The van der Waals surface area contributed by atoms with Gasteiger partial charge < -0.3 is 29.0 Å². The van der Waals surface area contributed by atoms with Crippen molar-refractivity contribution in [2.75, 3.05) is 33.8 Å². The monoisotopic (exact) mass is 490 g/mol. The molecule has 180 valence electrons. The van der Waals surface area contributed by atoms with Gasteiger partial charge in [-0.15, -0.1) is 0 Å². The third-order valence-corrected chi connectivity index (χ3v) is 6.10. The fraction of sp³-hybridized carbons (Fsp3) is 0.348. The zero-order chi connectivity index (χ0) is 24.6. The molecule has 2 aliphatic rings. The lowest BCUT2D eigenvalue weighted by molar-refractivity contribution is -0.144. The van der Waals surface area contributed by atoms with E-state index in [0.717, 1.165) is 0 Å². The molecule has 0 bridgehead atoms. The summed E-state index contributed by atoms with van der Waals surface area (Å²) in [4.78, 5) is 40.1. The number of ether oxygens (including phenoxy) is 5. The minimum atomic E-state index is -1.07. The number of anilines is 1. The Bertz CT molecular complexity index is 1170. The van der Waals surface area contributed by atoms with Gasteiger partial charge in [-0.1, -0.05) is 11.6 Å². The van der Waals surface area contributed by atoms with E-state index in [1.165, 1.54) is 39.4 Å². The highest BCUT2D eigenvalue weighted by atomic mass is 35.5. The van der Waals surface area contributed by atoms with E-state index in [4.69, 9.17) is 35.3 Å². The molecule has 0 aliphatic carbocycles. The molecule has 2 atom stereocenters. The van der Waals surface area contributed by atoms with Crippen LogP contribution in [-0.2, 0) is 14.3 Å². The van der Waals surface area contributed by atoms with Crippen molar-refractivity contribution in [1.29, 1.82) is 0 Å². The number of hydrogen-bond acceptors (Lipinski definition) is 8. The molecule has 0 aromatic heterocycles. The zero-order valence-corrected chi connectivity index (χ0v) is 19.7. The van der Waals surface area contributed by atoms with E-state index < -0.39 is 24.1 Å². The highest BCUT2D eigenvalue weighted by Gasteiger charge is 2.48. The molecule has 0 radical (unpaired) electrons. The summed E-state index contributed by atoms with van der Waals surface area (Å²) in [6.07, 6.45) is -0.711. The third kappa shape index (κ3) is 3.83. The summed E-state index contributed by atoms with van der Waals surface area (Å²) in [6, 6.07) is 5.39. The van der Waals surface area contributed by atoms with Crippen molar-refractivity contribution in [1.82, 2.24) is 4.90 Å². The van der Waals surface area contributed by atoms with E-state index in [1.807, 2.05) is 0 Å². The average Bonchev–Trinajstić information content (AvgIpc) is 3.37. The number of nitrogens with zero attached hydrogens (tertiary/aromatic N) is 1. The molecule has 34 heavy (non-hydrogen) atoms. The molecular weight excluding hydrogens is 468 g/mol. The van der Waals surface area contributed by atoms with Gasteiger partial charge in [0.05, 0.1) is 39.1 Å². The average molecular weight is 491 g/mol. The maximum absolute atomic E-state index is 13.3. The normalized spacial score (nSPS) is 18.9. The first-order valence-corrected chi connectivity index (χ1v) is 10.7. The van der Waals surface area contributed by atoms with Gasteiger partial charge in [-0.2, -0.15) is 0 Å². The number of benzene rings is 2. The minimum absolute atomic E-state index is 0.120. The lowest BCUT2D eigenvalue weighted by atomic mass is 10.0. The second kappa shape index (κ2) is 9.30. The van der Waals surface area contributed by atoms with Gasteiger partial charge in [-0.25, -0.2) is 4.79 Å². The molecule has 10 nitrogen and oxygen atoms in total. The maximum Gasteiger partial charge on any atom is 0.344 e. The molecule has 4 rings (SSSR count). The fourth-order valence-corrected chi connectivity index (χ4v) is 4.46. The van der Waals surface area contributed by atoms with Gasteiger partial charge in [0.25, 0.3) is 0 Å². The summed E-state index contributed by atoms with van der Waals surface area (Å²) in [5.41, 5.74) is 0.892. The SMILES string of the molecule is COc1cc(OC)c(NC(=O)[C@@H]2CCC(=O)N2[C@H]2OC(=O)c3c2ccc(OC)c3OC)cc1Cl. The quantitative estimate of drug-likeness (QED) is 0.589. The van der Waals surface area contributed by atoms with Crippen LogP contribution in [0.2, 0.25) is 5.02 Å². The number of hydrogen-bond donors (Lipinski definition) is 1. The molecule has 1 saturated heterocycles. The number of amides is 2. The smallest absolute Gasteiger partial charge is 0.344 e. The molecule has 0 saturated carbocycles. The number of rotatable bonds is 7. The Kier molecular flexibility index (Phi) is 6.43. The number of halogens is 1. The summed E-state index contributed by atoms with van der Waals surface area (Å²) >= 11 is 6.21. The molecule has 1 N–H and O–H groups in total. The maximum atomic E-state index is 13.3. The number of nitrogens with one attached hydrogen (secondary N) is 1. The number of likely N-dealkylation sites (tertiary alicyclic amines) is 1. The van der Waals surface area contributed by atoms with Crippen molar-refractivity contribution in [3.8, 4) is 23.0 Å². The largest absolute Gasteiger partial charge is 0.495 e. The van der Waals surface area contributed by atoms with Gasteiger partial charge in [0, 0.05) is 18.1 Å². The minimum Gasteiger partial charge on any atom is -0.495 e. The van der Waals surface area contributed by atoms with Crippen molar-refractivity contribution < 1.29 is 38.1 Å². The van der Waals surface area contributed by atoms with Crippen LogP contribution in [0.4, 0.5) is 5.69 Å². The van der Waals surface area contributed by atoms with Crippen molar-refractivity contribution in [2.45, 2.75) is 25.1 Å². The predicted molar refractivity (Wildman–Crippen MR) is 121 cm³/mol. The van der Waals surface area contributed by atoms with Crippen LogP contribution in [-0.4, -0.2) is 57.2 Å². The van der Waals surface area contributed by atoms with Crippen molar-refractivity contribution >= 4 is 35.1 Å². The molecule has 2 aromatic carbocycles. The Balaban J connectivity index is 1.65. The second-order valence-corrected chi connectivity index (χ2v) is 7.96. The first-order valence-electron chi connectivity index (χ1n) is 10.3. The third-order valence-electron chi connectivity index (χ3n) is 5.81. The Morgan fingerprint density at radius 2 is 1.74 bits per heavy atom. The predicted octanol–water partition coefficient (Wildman–Crippen LogP) is 3.17. The van der Waals surface area contributed by atoms with Crippen LogP contribution < -0.4 is 24.3 Å². The molecule has 2 amide bonds. The highest BCUT2D eigenvalue weighted by Crippen LogP contribution is 2.45. The first-order chi connectivity index (χ1) is 16.3. The topological polar surface area (TPSA) is 113 Å². The van der Waals surface area contributed by atoms with E-state index in [-0.39, 0.29) is 35.1 Å². The van der Waals surface area contributed by atoms with Crippen molar-refractivity contribution in [2.24, 2.45) is 0 Å². The summed E-state index contributed by atoms with van der Waals surface area (Å²) in [5, 5.41) is 3.04. The van der Waals surface area contributed by atoms with Gasteiger partial charge in [-0.05, 0) is 24.6 Å². The van der Waals surface area contributed by atoms with Gasteiger partial charge >= 0.3 is 5.97 Å². The van der Waals surface area contributed by atoms with Crippen LogP contribution >= 0.6 is 11.6 Å². The van der Waals surface area contributed by atoms with Crippen LogP contribution in [0, 0.1) is 0 Å². The summed E-state index contributed by atoms with van der Waals surface area (Å²) in [6.45, 7) is 0. The lowest BCUT2D eigenvalue weighted by Crippen LogP contribution is -2.43. The molecule has 2 aromatic rings. The van der Waals surface area contributed by atoms with E-state index in [2.05, 4.69) is 5.32 Å². The number of esters is 1. The Hall–Kier alpha value is -3.66. The van der Waals surface area contributed by atoms with Gasteiger partial charge in [-0.3, -0.25) is 14.5 Å². The fourth-order valence-electron chi connectivity index (χ4n) is 4.22. The molecule has 0 spiro atoms. The summed E-state index contributed by atoms with van der Waals surface area (Å²) < 4.78 is 26.7. The van der Waals surface area contributed by atoms with Crippen molar-refractivity contribution in [3.63, 3.8) is 0 Å². The summed E-state index contributed by atoms with van der Waals surface area (Å²) in [7, 11) is 5.77. The van der Waals surface area contributed by atoms with E-state index in [0.29, 0.717) is 28.5 Å². The molecular formula is C23H23ClN2O8. The number of methoxy groups -OCH3 is 4. The first kappa shape index (κ1) is 23.5. The van der Waals surface area contributed by atoms with Crippen LogP contribution in [0.15, 0.2) is 24.3 Å². The Morgan fingerprint density at radius 1 is 1.03 bits per heavy atom. The summed E-state index contributed by atoms with van der Waals surface area (Å²) in [5.74, 6) is -0.191. The van der Waals surface area contributed by atoms with Crippen LogP contribution in [0.5, 0.6) is 23.0 Å². The number of cyclic esters (lactones) is 1. The molecule has 0 unspecified atom stereocenters. The van der Waals surface area contributed by atoms with Crippen molar-refractivity contribution in [3.05, 3.63) is 40.4 Å². The standard InChI is InChI=1S/C23H23ClN2O8/c1-30-15-7-5-11-19(20(15)33-4)23(29)34-22(11)26-14(6-8-18(26)27)21(28)25-13-9-12(24)16(31-2)10-17(13)32-3/h5,7,9-10,14,22H,6,8H2,1-4H3,(H,25,28)/t14-,22-/m0/s1. The lowest BCUT2D eigenvalue weighted by Gasteiger charge is -2.29. The molecule has 2 aliphatic heterocycles. The number of carbonyl (C=O) groups is 3. The van der Waals surface area contributed by atoms with Crippen LogP contribution in [0.25, 0.3) is 0 Å². The molecule has 1 fully saturated rings.